The smallest absolute Gasteiger partial charge is 0.0356 e. The van der Waals surface area contributed by atoms with Crippen molar-refractivity contribution < 1.29 is 0 Å². The SMILES string of the molecule is CCCC(NC)C(CC)(CC)N(CC)CC. The summed E-state index contributed by atoms with van der Waals surface area (Å²) in [6.07, 6.45) is 5.00. The maximum absolute atomic E-state index is 3.55. The minimum atomic E-state index is 0.342. The van der Waals surface area contributed by atoms with E-state index in [0.29, 0.717) is 11.6 Å². The lowest BCUT2D eigenvalue weighted by Crippen LogP contribution is -2.60. The van der Waals surface area contributed by atoms with Crippen LogP contribution >= 0.6 is 0 Å². The highest BCUT2D eigenvalue weighted by atomic mass is 15.2. The molecule has 0 aliphatic carbocycles. The number of nitrogens with zero attached hydrogens (tertiary/aromatic N) is 1. The Labute approximate surface area is 103 Å². The average molecular weight is 228 g/mol. The van der Waals surface area contributed by atoms with Gasteiger partial charge >= 0.3 is 0 Å². The van der Waals surface area contributed by atoms with Gasteiger partial charge in [0.2, 0.25) is 0 Å². The molecule has 98 valence electrons. The number of likely N-dealkylation sites (N-methyl/N-ethyl adjacent to an activating group) is 2. The summed E-state index contributed by atoms with van der Waals surface area (Å²) in [5.41, 5.74) is 0.342. The van der Waals surface area contributed by atoms with Gasteiger partial charge in [0.1, 0.15) is 0 Å². The molecule has 0 spiro atoms. The minimum Gasteiger partial charge on any atom is -0.315 e. The number of rotatable bonds is 9. The zero-order valence-electron chi connectivity index (χ0n) is 12.3. The van der Waals surface area contributed by atoms with Crippen molar-refractivity contribution in [3.8, 4) is 0 Å². The fourth-order valence-electron chi connectivity index (χ4n) is 3.23. The first-order valence-corrected chi connectivity index (χ1v) is 7.08. The van der Waals surface area contributed by atoms with Crippen LogP contribution in [0.5, 0.6) is 0 Å². The number of hydrogen-bond acceptors (Lipinski definition) is 2. The van der Waals surface area contributed by atoms with Gasteiger partial charge < -0.3 is 5.32 Å². The normalized spacial score (nSPS) is 14.4. The first kappa shape index (κ1) is 15.9. The largest absolute Gasteiger partial charge is 0.315 e. The zero-order valence-corrected chi connectivity index (χ0v) is 12.3. The fourth-order valence-corrected chi connectivity index (χ4v) is 3.23. The van der Waals surface area contributed by atoms with Crippen LogP contribution in [0.4, 0.5) is 0 Å². The van der Waals surface area contributed by atoms with E-state index in [1.807, 2.05) is 0 Å². The van der Waals surface area contributed by atoms with Gasteiger partial charge in [-0.2, -0.15) is 0 Å². The van der Waals surface area contributed by atoms with Crippen molar-refractivity contribution in [1.29, 1.82) is 0 Å². The van der Waals surface area contributed by atoms with E-state index in [4.69, 9.17) is 0 Å². The molecule has 2 heteroatoms. The molecule has 0 radical (unpaired) electrons. The van der Waals surface area contributed by atoms with Crippen molar-refractivity contribution >= 4 is 0 Å². The van der Waals surface area contributed by atoms with Crippen molar-refractivity contribution in [2.45, 2.75) is 71.9 Å². The molecule has 2 nitrogen and oxygen atoms in total. The first-order chi connectivity index (χ1) is 7.66. The van der Waals surface area contributed by atoms with Crippen molar-refractivity contribution in [3.05, 3.63) is 0 Å². The van der Waals surface area contributed by atoms with Crippen molar-refractivity contribution in [2.75, 3.05) is 20.1 Å². The maximum atomic E-state index is 3.55. The second-order valence-corrected chi connectivity index (χ2v) is 4.61. The van der Waals surface area contributed by atoms with Crippen molar-refractivity contribution in [3.63, 3.8) is 0 Å². The molecule has 0 aromatic carbocycles. The molecule has 16 heavy (non-hydrogen) atoms. The van der Waals surface area contributed by atoms with E-state index in [1.165, 1.54) is 25.7 Å². The molecule has 1 unspecified atom stereocenters. The highest BCUT2D eigenvalue weighted by Crippen LogP contribution is 2.30. The average Bonchev–Trinajstić information content (AvgIpc) is 2.33. The standard InChI is InChI=1S/C14H32N2/c1-7-12-13(15-6)14(8-2,9-3)16(10-4)11-5/h13,15H,7-12H2,1-6H3. The Morgan fingerprint density at radius 2 is 1.50 bits per heavy atom. The monoisotopic (exact) mass is 228 g/mol. The van der Waals surface area contributed by atoms with Crippen molar-refractivity contribution in [2.24, 2.45) is 0 Å². The van der Waals surface area contributed by atoms with Gasteiger partial charge in [0, 0.05) is 11.6 Å². The summed E-state index contributed by atoms with van der Waals surface area (Å²) in [5.74, 6) is 0. The number of hydrogen-bond donors (Lipinski definition) is 1. The van der Waals surface area contributed by atoms with Crippen LogP contribution in [0.25, 0.3) is 0 Å². The molecule has 0 amide bonds. The van der Waals surface area contributed by atoms with Crippen LogP contribution in [0.1, 0.15) is 60.3 Å². The van der Waals surface area contributed by atoms with Gasteiger partial charge in [-0.25, -0.2) is 0 Å². The van der Waals surface area contributed by atoms with E-state index in [0.717, 1.165) is 13.1 Å². The Morgan fingerprint density at radius 3 is 1.75 bits per heavy atom. The van der Waals surface area contributed by atoms with Crippen LogP contribution in [-0.4, -0.2) is 36.6 Å². The summed E-state index contributed by atoms with van der Waals surface area (Å²) in [7, 11) is 2.11. The van der Waals surface area contributed by atoms with Gasteiger partial charge in [0.25, 0.3) is 0 Å². The second kappa shape index (κ2) is 8.08. The Balaban J connectivity index is 5.01. The van der Waals surface area contributed by atoms with E-state index >= 15 is 0 Å². The predicted octanol–water partition coefficient (Wildman–Crippen LogP) is 3.28. The molecule has 0 aromatic rings. The number of nitrogens with one attached hydrogen (secondary N) is 1. The third-order valence-electron chi connectivity index (χ3n) is 4.19. The quantitative estimate of drug-likeness (QED) is 0.651. The highest BCUT2D eigenvalue weighted by molar-refractivity contribution is 4.97. The van der Waals surface area contributed by atoms with E-state index in [2.05, 4.69) is 51.9 Å². The lowest BCUT2D eigenvalue weighted by Gasteiger charge is -2.48. The van der Waals surface area contributed by atoms with Crippen LogP contribution in [0.15, 0.2) is 0 Å². The van der Waals surface area contributed by atoms with Crippen LogP contribution in [-0.2, 0) is 0 Å². The summed E-state index contributed by atoms with van der Waals surface area (Å²) in [6.45, 7) is 13.8. The molecule has 0 fully saturated rings. The van der Waals surface area contributed by atoms with Gasteiger partial charge in [0.05, 0.1) is 0 Å². The van der Waals surface area contributed by atoms with Crippen LogP contribution in [0.2, 0.25) is 0 Å². The van der Waals surface area contributed by atoms with Gasteiger partial charge in [0.15, 0.2) is 0 Å². The van der Waals surface area contributed by atoms with E-state index in [9.17, 15) is 0 Å². The molecule has 0 saturated carbocycles. The van der Waals surface area contributed by atoms with Crippen molar-refractivity contribution in [1.82, 2.24) is 10.2 Å². The van der Waals surface area contributed by atoms with Crippen LogP contribution in [0.3, 0.4) is 0 Å². The zero-order chi connectivity index (χ0) is 12.6. The molecule has 0 rings (SSSR count). The Kier molecular flexibility index (Phi) is 8.04. The topological polar surface area (TPSA) is 15.3 Å². The summed E-state index contributed by atoms with van der Waals surface area (Å²) in [4.78, 5) is 2.64. The van der Waals surface area contributed by atoms with Gasteiger partial charge in [-0.15, -0.1) is 0 Å². The molecular weight excluding hydrogens is 196 g/mol. The molecule has 0 aliphatic heterocycles. The summed E-state index contributed by atoms with van der Waals surface area (Å²) < 4.78 is 0. The van der Waals surface area contributed by atoms with Gasteiger partial charge in [-0.1, -0.05) is 41.0 Å². The Hall–Kier alpha value is -0.0800. The van der Waals surface area contributed by atoms with E-state index in [1.54, 1.807) is 0 Å². The first-order valence-electron chi connectivity index (χ1n) is 7.08. The summed E-state index contributed by atoms with van der Waals surface area (Å²) >= 11 is 0. The van der Waals surface area contributed by atoms with E-state index in [-0.39, 0.29) is 0 Å². The Morgan fingerprint density at radius 1 is 1.00 bits per heavy atom. The molecule has 1 atom stereocenters. The lowest BCUT2D eigenvalue weighted by molar-refractivity contribution is 0.0486. The highest BCUT2D eigenvalue weighted by Gasteiger charge is 2.38. The molecule has 0 heterocycles. The van der Waals surface area contributed by atoms with Crippen LogP contribution in [0, 0.1) is 0 Å². The molecule has 1 N–H and O–H groups in total. The third-order valence-corrected chi connectivity index (χ3v) is 4.19. The van der Waals surface area contributed by atoms with Gasteiger partial charge in [-0.05, 0) is 39.4 Å². The molecule has 0 aromatic heterocycles. The molecule has 0 aliphatic rings. The minimum absolute atomic E-state index is 0.342. The predicted molar refractivity (Wildman–Crippen MR) is 74.0 cm³/mol. The molecular formula is C14H32N2. The second-order valence-electron chi connectivity index (χ2n) is 4.61. The lowest BCUT2D eigenvalue weighted by atomic mass is 9.80. The third kappa shape index (κ3) is 3.21. The van der Waals surface area contributed by atoms with Gasteiger partial charge in [-0.3, -0.25) is 4.90 Å². The Bertz CT molecular complexity index is 160. The molecule has 0 bridgehead atoms. The fraction of sp³-hybridized carbons (Fsp3) is 1.00. The maximum Gasteiger partial charge on any atom is 0.0356 e. The summed E-state index contributed by atoms with van der Waals surface area (Å²) in [5, 5.41) is 3.55. The summed E-state index contributed by atoms with van der Waals surface area (Å²) in [6, 6.07) is 0.618. The van der Waals surface area contributed by atoms with Crippen LogP contribution < -0.4 is 5.32 Å². The van der Waals surface area contributed by atoms with E-state index < -0.39 is 0 Å². The molecule has 0 saturated heterocycles.